The maximum Gasteiger partial charge on any atom is 0.179 e. The largest absolute Gasteiger partial charge is 0.304 e. The van der Waals surface area contributed by atoms with E-state index in [0.29, 0.717) is 0 Å². The van der Waals surface area contributed by atoms with Crippen LogP contribution < -0.4 is 5.43 Å². The molecule has 4 aromatic rings. The van der Waals surface area contributed by atoms with Crippen molar-refractivity contribution in [1.29, 1.82) is 0 Å². The molecule has 4 bridgehead atoms. The van der Waals surface area contributed by atoms with Gasteiger partial charge in [-0.1, -0.05) is 12.1 Å². The van der Waals surface area contributed by atoms with Gasteiger partial charge in [-0.25, -0.2) is 0 Å². The first-order valence-corrected chi connectivity index (χ1v) is 6.39. The van der Waals surface area contributed by atoms with Crippen molar-refractivity contribution in [2.75, 3.05) is 0 Å². The van der Waals surface area contributed by atoms with Gasteiger partial charge >= 0.3 is 0 Å². The van der Waals surface area contributed by atoms with Crippen molar-refractivity contribution in [1.82, 2.24) is 10.2 Å². The summed E-state index contributed by atoms with van der Waals surface area (Å²) in [5.74, 6) is 0. The lowest BCUT2D eigenvalue weighted by molar-refractivity contribution is 1.03. The standard InChI is InChI=1S/C16H10N2O/c19-10-3-1-2-8-4-12-15(11(8)7-10)9-5-13-16(12)14(6-9)18-17-13/h1-5,7,17-18H,6H2. The van der Waals surface area contributed by atoms with Crippen molar-refractivity contribution >= 4 is 32.4 Å². The molecule has 0 radical (unpaired) electrons. The topological polar surface area (TPSA) is 48.6 Å². The number of nitrogens with one attached hydrogen (secondary N) is 2. The Morgan fingerprint density at radius 1 is 0.947 bits per heavy atom. The van der Waals surface area contributed by atoms with Crippen molar-refractivity contribution in [3.8, 4) is 0 Å². The molecule has 0 aliphatic heterocycles. The van der Waals surface area contributed by atoms with E-state index in [2.05, 4.69) is 22.3 Å². The van der Waals surface area contributed by atoms with E-state index in [9.17, 15) is 4.79 Å². The van der Waals surface area contributed by atoms with Crippen LogP contribution in [0, 0.1) is 0 Å². The fourth-order valence-electron chi connectivity index (χ4n) is 3.42. The van der Waals surface area contributed by atoms with E-state index >= 15 is 0 Å². The second kappa shape index (κ2) is 2.88. The van der Waals surface area contributed by atoms with Crippen LogP contribution >= 0.6 is 0 Å². The molecule has 0 saturated carbocycles. The van der Waals surface area contributed by atoms with Crippen LogP contribution in [0.5, 0.6) is 0 Å². The SMILES string of the molecule is O=c1cccc2cc3c4c5[nH][nH]c4cc(c3c2c1)C5. The lowest BCUT2D eigenvalue weighted by Crippen LogP contribution is -1.96. The Kier molecular flexibility index (Phi) is 1.42. The molecule has 3 aromatic carbocycles. The molecule has 2 aliphatic carbocycles. The Balaban J connectivity index is 2.20. The van der Waals surface area contributed by atoms with Crippen molar-refractivity contribution < 1.29 is 0 Å². The molecule has 0 saturated heterocycles. The molecule has 90 valence electrons. The molecular formula is C16H10N2O. The highest BCUT2D eigenvalue weighted by atomic mass is 16.1. The van der Waals surface area contributed by atoms with Crippen LogP contribution in [0.2, 0.25) is 0 Å². The van der Waals surface area contributed by atoms with Crippen molar-refractivity contribution in [3.63, 3.8) is 0 Å². The third-order valence-electron chi connectivity index (χ3n) is 4.17. The van der Waals surface area contributed by atoms with Gasteiger partial charge in [0.25, 0.3) is 0 Å². The molecule has 19 heavy (non-hydrogen) atoms. The van der Waals surface area contributed by atoms with Crippen molar-refractivity contribution in [3.05, 3.63) is 57.9 Å². The number of aromatic amines is 2. The summed E-state index contributed by atoms with van der Waals surface area (Å²) in [6, 6.07) is 11.6. The summed E-state index contributed by atoms with van der Waals surface area (Å²) in [6.45, 7) is 0. The number of hydrogen-bond acceptors (Lipinski definition) is 1. The van der Waals surface area contributed by atoms with Gasteiger partial charge in [0.2, 0.25) is 0 Å². The number of rotatable bonds is 0. The Bertz CT molecular complexity index is 1050. The highest BCUT2D eigenvalue weighted by Crippen LogP contribution is 2.41. The molecule has 0 spiro atoms. The first kappa shape index (κ1) is 9.39. The van der Waals surface area contributed by atoms with Crippen LogP contribution in [0.4, 0.5) is 0 Å². The Hall–Kier alpha value is -2.55. The lowest BCUT2D eigenvalue weighted by atomic mass is 9.92. The maximum atomic E-state index is 11.8. The molecular weight excluding hydrogens is 236 g/mol. The molecule has 0 atom stereocenters. The smallest absolute Gasteiger partial charge is 0.179 e. The van der Waals surface area contributed by atoms with E-state index in [4.69, 9.17) is 0 Å². The molecule has 2 N–H and O–H groups in total. The van der Waals surface area contributed by atoms with E-state index in [1.54, 1.807) is 12.1 Å². The Morgan fingerprint density at radius 2 is 1.89 bits per heavy atom. The van der Waals surface area contributed by atoms with Crippen LogP contribution in [-0.4, -0.2) is 10.2 Å². The molecule has 1 heterocycles. The van der Waals surface area contributed by atoms with Gasteiger partial charge in [0.05, 0.1) is 5.52 Å². The predicted molar refractivity (Wildman–Crippen MR) is 76.7 cm³/mol. The molecule has 6 rings (SSSR count). The highest BCUT2D eigenvalue weighted by molar-refractivity contribution is 6.23. The van der Waals surface area contributed by atoms with E-state index in [0.717, 1.165) is 22.7 Å². The van der Waals surface area contributed by atoms with Gasteiger partial charge < -0.3 is 10.2 Å². The van der Waals surface area contributed by atoms with Gasteiger partial charge in [-0.3, -0.25) is 4.79 Å². The molecule has 0 fully saturated rings. The second-order valence-electron chi connectivity index (χ2n) is 5.24. The van der Waals surface area contributed by atoms with Gasteiger partial charge in [-0.05, 0) is 51.4 Å². The monoisotopic (exact) mass is 246 g/mol. The fourth-order valence-corrected chi connectivity index (χ4v) is 3.42. The first-order valence-electron chi connectivity index (χ1n) is 6.39. The third-order valence-corrected chi connectivity index (χ3v) is 4.17. The van der Waals surface area contributed by atoms with Crippen molar-refractivity contribution in [2.45, 2.75) is 6.42 Å². The zero-order valence-corrected chi connectivity index (χ0v) is 10.1. The van der Waals surface area contributed by atoms with E-state index in [1.807, 2.05) is 12.1 Å². The van der Waals surface area contributed by atoms with Gasteiger partial charge in [0.15, 0.2) is 5.43 Å². The fraction of sp³-hybridized carbons (Fsp3) is 0.0625. The summed E-state index contributed by atoms with van der Waals surface area (Å²) < 4.78 is 0. The number of H-pyrrole nitrogens is 2. The summed E-state index contributed by atoms with van der Waals surface area (Å²) in [5, 5.41) is 12.4. The molecule has 3 heteroatoms. The maximum absolute atomic E-state index is 11.8. The molecule has 3 nitrogen and oxygen atoms in total. The minimum absolute atomic E-state index is 0.0648. The van der Waals surface area contributed by atoms with Crippen LogP contribution in [0.15, 0.2) is 41.2 Å². The minimum atomic E-state index is 0.0648. The number of fused-ring (bicyclic) bond motifs is 1. The number of hydrogen-bond donors (Lipinski definition) is 2. The number of aromatic nitrogens is 2. The Morgan fingerprint density at radius 3 is 2.79 bits per heavy atom. The second-order valence-corrected chi connectivity index (χ2v) is 5.24. The van der Waals surface area contributed by atoms with Crippen LogP contribution in [0.1, 0.15) is 11.3 Å². The minimum Gasteiger partial charge on any atom is -0.304 e. The average molecular weight is 246 g/mol. The summed E-state index contributed by atoms with van der Waals surface area (Å²) in [6.07, 6.45) is 0.921. The summed E-state index contributed by atoms with van der Waals surface area (Å²) in [7, 11) is 0. The quantitative estimate of drug-likeness (QED) is 0.433. The first-order chi connectivity index (χ1) is 9.31. The van der Waals surface area contributed by atoms with Crippen LogP contribution in [-0.2, 0) is 6.42 Å². The van der Waals surface area contributed by atoms with Crippen LogP contribution in [0.3, 0.4) is 0 Å². The average Bonchev–Trinajstić information content (AvgIpc) is 2.83. The molecule has 1 aromatic heterocycles. The zero-order valence-electron chi connectivity index (χ0n) is 10.1. The highest BCUT2D eigenvalue weighted by Gasteiger charge is 2.21. The normalized spacial score (nSPS) is 13.3. The molecule has 0 unspecified atom stereocenters. The Labute approximate surface area is 107 Å². The number of benzene rings is 1. The van der Waals surface area contributed by atoms with Crippen LogP contribution in [0.25, 0.3) is 32.4 Å². The summed E-state index contributed by atoms with van der Waals surface area (Å²) >= 11 is 0. The summed E-state index contributed by atoms with van der Waals surface area (Å²) in [4.78, 5) is 11.8. The van der Waals surface area contributed by atoms with Gasteiger partial charge in [0.1, 0.15) is 0 Å². The van der Waals surface area contributed by atoms with Gasteiger partial charge in [-0.2, -0.15) is 0 Å². The predicted octanol–water partition coefficient (Wildman–Crippen LogP) is 3.07. The van der Waals surface area contributed by atoms with Crippen molar-refractivity contribution in [2.24, 2.45) is 0 Å². The van der Waals surface area contributed by atoms with Gasteiger partial charge in [0, 0.05) is 17.5 Å². The van der Waals surface area contributed by atoms with E-state index in [-0.39, 0.29) is 5.43 Å². The third kappa shape index (κ3) is 1.02. The van der Waals surface area contributed by atoms with Gasteiger partial charge in [-0.15, -0.1) is 0 Å². The van der Waals surface area contributed by atoms with E-state index < -0.39 is 0 Å². The summed E-state index contributed by atoms with van der Waals surface area (Å²) in [5.41, 5.74) is 3.77. The lowest BCUT2D eigenvalue weighted by Gasteiger charge is -2.11. The molecule has 2 aliphatic rings. The van der Waals surface area contributed by atoms with E-state index in [1.165, 1.54) is 27.4 Å². The zero-order chi connectivity index (χ0) is 12.6. The molecule has 0 amide bonds.